The molecular weight excluding hydrogens is 412 g/mol. The Morgan fingerprint density at radius 3 is 2.48 bits per heavy atom. The van der Waals surface area contributed by atoms with Crippen molar-refractivity contribution in [3.8, 4) is 0 Å². The van der Waals surface area contributed by atoms with E-state index in [2.05, 4.69) is 48.0 Å². The molecule has 1 N–H and O–H groups in total. The molecule has 0 bridgehead atoms. The molecule has 2 amide bonds. The second-order valence-corrected chi connectivity index (χ2v) is 9.04. The quantitative estimate of drug-likeness (QED) is 0.606. The van der Waals surface area contributed by atoms with Gasteiger partial charge in [0.1, 0.15) is 6.04 Å². The first-order chi connectivity index (χ1) is 16.1. The Morgan fingerprint density at radius 1 is 1.00 bits per heavy atom. The van der Waals surface area contributed by atoms with Crippen LogP contribution in [0.3, 0.4) is 0 Å². The molecule has 0 aliphatic carbocycles. The fraction of sp³-hybridized carbons (Fsp3) is 0.407. The zero-order valence-corrected chi connectivity index (χ0v) is 19.5. The molecule has 1 aromatic heterocycles. The summed E-state index contributed by atoms with van der Waals surface area (Å²) in [5.74, 6) is 0.103. The zero-order valence-electron chi connectivity index (χ0n) is 19.5. The molecule has 0 radical (unpaired) electrons. The molecule has 1 saturated heterocycles. The van der Waals surface area contributed by atoms with Crippen LogP contribution in [-0.4, -0.2) is 70.3 Å². The zero-order chi connectivity index (χ0) is 22.9. The molecule has 0 unspecified atom stereocenters. The number of piperazine rings is 1. The Bertz CT molecular complexity index is 1150. The third-order valence-corrected chi connectivity index (χ3v) is 7.25. The second kappa shape index (κ2) is 9.02. The number of fused-ring (bicyclic) bond motifs is 4. The monoisotopic (exact) mass is 444 g/mol. The maximum Gasteiger partial charge on any atom is 0.246 e. The predicted octanol–water partition coefficient (Wildman–Crippen LogP) is 3.58. The number of aromatic amines is 1. The van der Waals surface area contributed by atoms with Gasteiger partial charge in [0.15, 0.2) is 0 Å². The lowest BCUT2D eigenvalue weighted by Gasteiger charge is -2.47. The lowest BCUT2D eigenvalue weighted by atomic mass is 9.86. The number of nitrogens with one attached hydrogen (secondary N) is 1. The smallest absolute Gasteiger partial charge is 0.246 e. The number of benzene rings is 2. The highest BCUT2D eigenvalue weighted by atomic mass is 16.2. The first-order valence-corrected chi connectivity index (χ1v) is 12.1. The third-order valence-electron chi connectivity index (χ3n) is 7.25. The Hall–Kier alpha value is -3.12. The van der Waals surface area contributed by atoms with Gasteiger partial charge in [-0.3, -0.25) is 9.59 Å². The van der Waals surface area contributed by atoms with E-state index in [0.29, 0.717) is 13.0 Å². The van der Waals surface area contributed by atoms with Crippen LogP contribution in [0.1, 0.15) is 43.1 Å². The Kier molecular flexibility index (Phi) is 5.94. The molecule has 3 aromatic rings. The van der Waals surface area contributed by atoms with Crippen LogP contribution in [0.4, 0.5) is 0 Å². The van der Waals surface area contributed by atoms with E-state index in [9.17, 15) is 9.59 Å². The van der Waals surface area contributed by atoms with E-state index >= 15 is 0 Å². The van der Waals surface area contributed by atoms with Gasteiger partial charge in [0.05, 0.1) is 12.6 Å². The van der Waals surface area contributed by atoms with Crippen molar-refractivity contribution < 1.29 is 9.59 Å². The van der Waals surface area contributed by atoms with Gasteiger partial charge in [0, 0.05) is 29.6 Å². The van der Waals surface area contributed by atoms with Gasteiger partial charge in [-0.1, -0.05) is 62.4 Å². The summed E-state index contributed by atoms with van der Waals surface area (Å²) in [5, 5.41) is 1.15. The summed E-state index contributed by atoms with van der Waals surface area (Å²) in [6, 6.07) is 17.6. The summed E-state index contributed by atoms with van der Waals surface area (Å²) < 4.78 is 0. The average Bonchev–Trinajstić information content (AvgIpc) is 3.22. The van der Waals surface area contributed by atoms with Gasteiger partial charge in [-0.25, -0.2) is 0 Å². The van der Waals surface area contributed by atoms with Crippen LogP contribution in [-0.2, 0) is 16.0 Å². The molecule has 172 valence electrons. The number of carbonyl (C=O) groups excluding carboxylic acids is 2. The van der Waals surface area contributed by atoms with E-state index in [-0.39, 0.29) is 24.4 Å². The highest BCUT2D eigenvalue weighted by Gasteiger charge is 2.47. The minimum absolute atomic E-state index is 0.0283. The van der Waals surface area contributed by atoms with Crippen LogP contribution in [0.25, 0.3) is 10.9 Å². The van der Waals surface area contributed by atoms with E-state index in [1.807, 2.05) is 35.2 Å². The number of para-hydroxylation sites is 1. The fourth-order valence-corrected chi connectivity index (χ4v) is 5.52. The largest absolute Gasteiger partial charge is 0.356 e. The summed E-state index contributed by atoms with van der Waals surface area (Å²) >= 11 is 0. The normalized spacial score (nSPS) is 20.5. The second-order valence-electron chi connectivity index (χ2n) is 9.04. The summed E-state index contributed by atoms with van der Waals surface area (Å²) in [4.78, 5) is 36.7. The predicted molar refractivity (Wildman–Crippen MR) is 130 cm³/mol. The molecule has 2 atom stereocenters. The van der Waals surface area contributed by atoms with Crippen molar-refractivity contribution in [2.45, 2.75) is 38.8 Å². The van der Waals surface area contributed by atoms with Crippen molar-refractivity contribution >= 4 is 22.7 Å². The third kappa shape index (κ3) is 3.82. The maximum absolute atomic E-state index is 13.7. The Labute approximate surface area is 195 Å². The minimum Gasteiger partial charge on any atom is -0.356 e. The van der Waals surface area contributed by atoms with Crippen LogP contribution >= 0.6 is 0 Å². The summed E-state index contributed by atoms with van der Waals surface area (Å²) in [5.41, 5.74) is 4.28. The number of rotatable bonds is 7. The van der Waals surface area contributed by atoms with Gasteiger partial charge in [0.25, 0.3) is 0 Å². The van der Waals surface area contributed by atoms with E-state index in [0.717, 1.165) is 53.8 Å². The maximum atomic E-state index is 13.7. The molecule has 6 heteroatoms. The van der Waals surface area contributed by atoms with Gasteiger partial charge in [-0.05, 0) is 43.2 Å². The van der Waals surface area contributed by atoms with Crippen LogP contribution in [0, 0.1) is 0 Å². The molecular formula is C27H32N4O2. The lowest BCUT2D eigenvalue weighted by molar-refractivity contribution is -0.158. The van der Waals surface area contributed by atoms with Gasteiger partial charge >= 0.3 is 0 Å². The number of amides is 2. The van der Waals surface area contributed by atoms with Crippen molar-refractivity contribution in [3.05, 3.63) is 71.4 Å². The van der Waals surface area contributed by atoms with Crippen molar-refractivity contribution in [3.63, 3.8) is 0 Å². The highest BCUT2D eigenvalue weighted by molar-refractivity contribution is 5.97. The van der Waals surface area contributed by atoms with Crippen molar-refractivity contribution in [1.82, 2.24) is 19.7 Å². The molecule has 2 aliphatic rings. The number of nitrogens with zero attached hydrogens (tertiary/aromatic N) is 3. The first-order valence-electron chi connectivity index (χ1n) is 12.1. The Balaban J connectivity index is 1.50. The molecule has 1 fully saturated rings. The summed E-state index contributed by atoms with van der Waals surface area (Å²) in [7, 11) is 0. The summed E-state index contributed by atoms with van der Waals surface area (Å²) in [6.45, 7) is 8.04. The molecule has 2 aliphatic heterocycles. The number of aromatic nitrogens is 1. The van der Waals surface area contributed by atoms with Crippen LogP contribution in [0.15, 0.2) is 54.6 Å². The topological polar surface area (TPSA) is 59.6 Å². The molecule has 3 heterocycles. The molecule has 0 saturated carbocycles. The lowest BCUT2D eigenvalue weighted by Crippen LogP contribution is -2.63. The number of hydrogen-bond acceptors (Lipinski definition) is 3. The summed E-state index contributed by atoms with van der Waals surface area (Å²) in [6.07, 6.45) is 1.44. The number of carbonyl (C=O) groups is 2. The molecule has 6 nitrogen and oxygen atoms in total. The minimum atomic E-state index is -0.461. The molecule has 2 aromatic carbocycles. The van der Waals surface area contributed by atoms with Gasteiger partial charge in [-0.2, -0.15) is 0 Å². The van der Waals surface area contributed by atoms with Crippen LogP contribution < -0.4 is 0 Å². The standard InChI is InChI=1S/C27H32N4O2/c1-3-29(4-2)15-10-16-30-18-24(32)31-23(27(30)33)17-21-20-13-8-9-14-22(20)28-25(21)26(31)19-11-6-5-7-12-19/h5-9,11-14,23,26,28H,3-4,10,15-18H2,1-2H3/t23-,26+/m0/s1. The fourth-order valence-electron chi connectivity index (χ4n) is 5.52. The van der Waals surface area contributed by atoms with Crippen molar-refractivity contribution in [2.24, 2.45) is 0 Å². The van der Waals surface area contributed by atoms with Gasteiger partial charge in [0.2, 0.25) is 11.8 Å². The first kappa shape index (κ1) is 21.7. The SMILES string of the molecule is CCN(CC)CCCN1CC(=O)N2[C@H](c3ccccc3)c3[nH]c4ccccc4c3C[C@H]2C1=O. The van der Waals surface area contributed by atoms with Crippen molar-refractivity contribution in [2.75, 3.05) is 32.7 Å². The van der Waals surface area contributed by atoms with Crippen LogP contribution in [0.5, 0.6) is 0 Å². The number of H-pyrrole nitrogens is 1. The van der Waals surface area contributed by atoms with E-state index in [1.54, 1.807) is 4.90 Å². The molecule has 33 heavy (non-hydrogen) atoms. The van der Waals surface area contributed by atoms with Gasteiger partial charge in [-0.15, -0.1) is 0 Å². The molecule has 0 spiro atoms. The molecule has 5 rings (SSSR count). The number of hydrogen-bond donors (Lipinski definition) is 1. The average molecular weight is 445 g/mol. The van der Waals surface area contributed by atoms with Gasteiger partial charge < -0.3 is 19.7 Å². The van der Waals surface area contributed by atoms with E-state index < -0.39 is 6.04 Å². The Morgan fingerprint density at radius 2 is 1.73 bits per heavy atom. The highest BCUT2D eigenvalue weighted by Crippen LogP contribution is 2.42. The van der Waals surface area contributed by atoms with Crippen molar-refractivity contribution in [1.29, 1.82) is 0 Å². The van der Waals surface area contributed by atoms with E-state index in [1.165, 1.54) is 0 Å². The van der Waals surface area contributed by atoms with Crippen LogP contribution in [0.2, 0.25) is 0 Å². The van der Waals surface area contributed by atoms with E-state index in [4.69, 9.17) is 0 Å².